The van der Waals surface area contributed by atoms with Gasteiger partial charge in [-0.15, -0.1) is 0 Å². The second-order valence-corrected chi connectivity index (χ2v) is 4.41. The first-order chi connectivity index (χ1) is 10.1. The van der Waals surface area contributed by atoms with Gasteiger partial charge < -0.3 is 10.1 Å². The minimum absolute atomic E-state index is 0.225. The quantitative estimate of drug-likeness (QED) is 0.669. The van der Waals surface area contributed by atoms with Crippen LogP contribution in [0.2, 0.25) is 0 Å². The summed E-state index contributed by atoms with van der Waals surface area (Å²) in [7, 11) is 0. The summed E-state index contributed by atoms with van der Waals surface area (Å²) in [5, 5.41) is 2.52. The Labute approximate surface area is 122 Å². The number of rotatable bonds is 5. The van der Waals surface area contributed by atoms with Crippen molar-refractivity contribution in [3.63, 3.8) is 0 Å². The fourth-order valence-electron chi connectivity index (χ4n) is 1.64. The van der Waals surface area contributed by atoms with E-state index in [0.29, 0.717) is 11.5 Å². The lowest BCUT2D eigenvalue weighted by Crippen LogP contribution is -2.09. The molecular weight excluding hydrogens is 268 g/mol. The van der Waals surface area contributed by atoms with Crippen LogP contribution in [0.25, 0.3) is 11.3 Å². The van der Waals surface area contributed by atoms with Gasteiger partial charge in [-0.1, -0.05) is 13.5 Å². The molecular formula is C15H14N4O2. The van der Waals surface area contributed by atoms with Gasteiger partial charge in [0.1, 0.15) is 6.29 Å². The Morgan fingerprint density at radius 3 is 2.71 bits per heavy atom. The van der Waals surface area contributed by atoms with Crippen LogP contribution in [-0.2, 0) is 9.59 Å². The lowest BCUT2D eigenvalue weighted by atomic mass is 10.0. The van der Waals surface area contributed by atoms with Crippen molar-refractivity contribution in [2.24, 2.45) is 0 Å². The number of hydrogen-bond acceptors (Lipinski definition) is 5. The Bertz CT molecular complexity index is 668. The smallest absolute Gasteiger partial charge is 0.248 e. The standard InChI is InChI=1S/C15H14N4O2/c1-3-15(21)19-14-8-17-13(7-18-14)12-4-11(5-16-6-12)10(2)9-20/h3-10H,1H2,2H3,(H,18,19,21). The molecule has 0 aliphatic carbocycles. The number of anilines is 1. The number of hydrogen-bond donors (Lipinski definition) is 1. The molecule has 6 heteroatoms. The van der Waals surface area contributed by atoms with Crippen molar-refractivity contribution in [2.45, 2.75) is 12.8 Å². The second-order valence-electron chi connectivity index (χ2n) is 4.41. The lowest BCUT2D eigenvalue weighted by molar-refractivity contribution is -0.112. The molecule has 0 spiro atoms. The van der Waals surface area contributed by atoms with Crippen LogP contribution in [0.3, 0.4) is 0 Å². The summed E-state index contributed by atoms with van der Waals surface area (Å²) < 4.78 is 0. The summed E-state index contributed by atoms with van der Waals surface area (Å²) in [5.41, 5.74) is 2.18. The van der Waals surface area contributed by atoms with Gasteiger partial charge in [-0.3, -0.25) is 14.8 Å². The Balaban J connectivity index is 2.24. The molecule has 0 saturated carbocycles. The maximum Gasteiger partial charge on any atom is 0.248 e. The zero-order valence-corrected chi connectivity index (χ0v) is 11.5. The van der Waals surface area contributed by atoms with Crippen LogP contribution in [0.5, 0.6) is 0 Å². The van der Waals surface area contributed by atoms with E-state index in [4.69, 9.17) is 0 Å². The van der Waals surface area contributed by atoms with E-state index in [9.17, 15) is 9.59 Å². The maximum absolute atomic E-state index is 11.1. The van der Waals surface area contributed by atoms with Crippen molar-refractivity contribution in [3.05, 3.63) is 49.1 Å². The molecule has 6 nitrogen and oxygen atoms in total. The minimum atomic E-state index is -0.347. The highest BCUT2D eigenvalue weighted by atomic mass is 16.1. The summed E-state index contributed by atoms with van der Waals surface area (Å²) in [6.07, 6.45) is 8.30. The molecule has 0 aromatic carbocycles. The number of amides is 1. The topological polar surface area (TPSA) is 84.8 Å². The zero-order valence-electron chi connectivity index (χ0n) is 11.5. The van der Waals surface area contributed by atoms with Gasteiger partial charge in [0.25, 0.3) is 0 Å². The molecule has 21 heavy (non-hydrogen) atoms. The molecule has 2 heterocycles. The molecule has 106 valence electrons. The van der Waals surface area contributed by atoms with Gasteiger partial charge >= 0.3 is 0 Å². The summed E-state index contributed by atoms with van der Waals surface area (Å²) in [6, 6.07) is 1.85. The molecule has 2 rings (SSSR count). The monoisotopic (exact) mass is 282 g/mol. The molecule has 0 bridgehead atoms. The highest BCUT2D eigenvalue weighted by Crippen LogP contribution is 2.20. The largest absolute Gasteiger partial charge is 0.306 e. The van der Waals surface area contributed by atoms with Crippen LogP contribution in [0.1, 0.15) is 18.4 Å². The van der Waals surface area contributed by atoms with E-state index >= 15 is 0 Å². The number of aromatic nitrogens is 3. The van der Waals surface area contributed by atoms with E-state index in [2.05, 4.69) is 26.8 Å². The van der Waals surface area contributed by atoms with Crippen LogP contribution in [0.15, 0.2) is 43.5 Å². The molecule has 2 aromatic heterocycles. The van der Waals surface area contributed by atoms with Crippen LogP contribution in [0.4, 0.5) is 5.82 Å². The van der Waals surface area contributed by atoms with Crippen LogP contribution in [0, 0.1) is 0 Å². The van der Waals surface area contributed by atoms with Crippen molar-refractivity contribution >= 4 is 18.0 Å². The molecule has 0 aliphatic rings. The predicted molar refractivity (Wildman–Crippen MR) is 78.6 cm³/mol. The number of carbonyl (C=O) groups is 2. The average Bonchev–Trinajstić information content (AvgIpc) is 2.54. The van der Waals surface area contributed by atoms with E-state index < -0.39 is 0 Å². The van der Waals surface area contributed by atoms with Crippen molar-refractivity contribution in [3.8, 4) is 11.3 Å². The first kappa shape index (κ1) is 14.5. The number of aldehydes is 1. The predicted octanol–water partition coefficient (Wildman–Crippen LogP) is 1.97. The summed E-state index contributed by atoms with van der Waals surface area (Å²) in [4.78, 5) is 34.4. The number of nitrogens with zero attached hydrogens (tertiary/aromatic N) is 3. The molecule has 0 aliphatic heterocycles. The van der Waals surface area contributed by atoms with Crippen LogP contribution < -0.4 is 5.32 Å². The average molecular weight is 282 g/mol. The van der Waals surface area contributed by atoms with Gasteiger partial charge in [-0.05, 0) is 17.7 Å². The van der Waals surface area contributed by atoms with Crippen molar-refractivity contribution in [2.75, 3.05) is 5.32 Å². The van der Waals surface area contributed by atoms with E-state index in [0.717, 1.165) is 23.5 Å². The Morgan fingerprint density at radius 1 is 1.29 bits per heavy atom. The fourth-order valence-corrected chi connectivity index (χ4v) is 1.64. The Hall–Kier alpha value is -2.89. The number of nitrogens with one attached hydrogen (secondary N) is 1. The first-order valence-electron chi connectivity index (χ1n) is 6.30. The molecule has 0 radical (unpaired) electrons. The minimum Gasteiger partial charge on any atom is -0.306 e. The van der Waals surface area contributed by atoms with Crippen LogP contribution >= 0.6 is 0 Å². The SMILES string of the molecule is C=CC(=O)Nc1cnc(-c2cncc(C(C)C=O)c2)cn1. The van der Waals surface area contributed by atoms with Gasteiger partial charge in [0, 0.05) is 23.9 Å². The third kappa shape index (κ3) is 3.56. The normalized spacial score (nSPS) is 11.5. The van der Waals surface area contributed by atoms with Gasteiger partial charge in [0.2, 0.25) is 5.91 Å². The highest BCUT2D eigenvalue weighted by Gasteiger charge is 2.08. The van der Waals surface area contributed by atoms with Crippen LogP contribution in [-0.4, -0.2) is 27.1 Å². The third-order valence-electron chi connectivity index (χ3n) is 2.87. The van der Waals surface area contributed by atoms with E-state index in [1.165, 1.54) is 12.4 Å². The number of carbonyl (C=O) groups excluding carboxylic acids is 2. The van der Waals surface area contributed by atoms with E-state index in [-0.39, 0.29) is 11.8 Å². The van der Waals surface area contributed by atoms with Gasteiger partial charge in [0.05, 0.1) is 18.1 Å². The first-order valence-corrected chi connectivity index (χ1v) is 6.30. The molecule has 1 amide bonds. The lowest BCUT2D eigenvalue weighted by Gasteiger charge is -2.07. The highest BCUT2D eigenvalue weighted by molar-refractivity contribution is 5.98. The summed E-state index contributed by atoms with van der Waals surface area (Å²) in [5.74, 6) is -0.230. The summed E-state index contributed by atoms with van der Waals surface area (Å²) >= 11 is 0. The fraction of sp³-hybridized carbons (Fsp3) is 0.133. The van der Waals surface area contributed by atoms with Crippen molar-refractivity contribution in [1.82, 2.24) is 15.0 Å². The molecule has 0 fully saturated rings. The molecule has 2 aromatic rings. The van der Waals surface area contributed by atoms with Crippen molar-refractivity contribution in [1.29, 1.82) is 0 Å². The maximum atomic E-state index is 11.1. The van der Waals surface area contributed by atoms with E-state index in [1.807, 2.05) is 6.07 Å². The summed E-state index contributed by atoms with van der Waals surface area (Å²) in [6.45, 7) is 5.16. The zero-order chi connectivity index (χ0) is 15.2. The molecule has 1 atom stereocenters. The van der Waals surface area contributed by atoms with Gasteiger partial charge in [-0.25, -0.2) is 4.98 Å². The Morgan fingerprint density at radius 2 is 2.10 bits per heavy atom. The molecule has 1 unspecified atom stereocenters. The van der Waals surface area contributed by atoms with Crippen molar-refractivity contribution < 1.29 is 9.59 Å². The molecule has 0 saturated heterocycles. The second kappa shape index (κ2) is 6.51. The Kier molecular flexibility index (Phi) is 4.50. The van der Waals surface area contributed by atoms with Gasteiger partial charge in [0.15, 0.2) is 5.82 Å². The third-order valence-corrected chi connectivity index (χ3v) is 2.87. The van der Waals surface area contributed by atoms with E-state index in [1.54, 1.807) is 19.3 Å². The number of pyridine rings is 1. The molecule has 1 N–H and O–H groups in total. The van der Waals surface area contributed by atoms with Gasteiger partial charge in [-0.2, -0.15) is 0 Å².